The van der Waals surface area contributed by atoms with Crippen LogP contribution in [0.25, 0.3) is 0 Å². The molecule has 2 heterocycles. The molecule has 2 fully saturated rings. The average Bonchev–Trinajstić information content (AvgIpc) is 3.16. The SMILES string of the molecule is C#CC1CC(=O)N(c2ccccc2C(=O)N2CCCC2)C1. The minimum absolute atomic E-state index is 0.000350. The Kier molecular flexibility index (Phi) is 3.66. The summed E-state index contributed by atoms with van der Waals surface area (Å²) in [7, 11) is 0. The molecule has 0 saturated carbocycles. The number of carbonyl (C=O) groups is 2. The summed E-state index contributed by atoms with van der Waals surface area (Å²) in [6.07, 6.45) is 7.90. The lowest BCUT2D eigenvalue weighted by atomic mass is 10.1. The highest BCUT2D eigenvalue weighted by Gasteiger charge is 2.32. The first-order valence-corrected chi connectivity index (χ1v) is 7.35. The van der Waals surface area contributed by atoms with Gasteiger partial charge in [-0.2, -0.15) is 0 Å². The summed E-state index contributed by atoms with van der Waals surface area (Å²) in [6, 6.07) is 7.32. The van der Waals surface area contributed by atoms with Crippen molar-refractivity contribution in [3.63, 3.8) is 0 Å². The molecule has 0 aliphatic carbocycles. The minimum atomic E-state index is -0.0626. The molecule has 2 saturated heterocycles. The first-order valence-electron chi connectivity index (χ1n) is 7.35. The molecule has 1 unspecified atom stereocenters. The fourth-order valence-electron chi connectivity index (χ4n) is 3.03. The predicted octanol–water partition coefficient (Wildman–Crippen LogP) is 1.91. The summed E-state index contributed by atoms with van der Waals surface area (Å²) in [5.41, 5.74) is 1.29. The molecule has 0 spiro atoms. The van der Waals surface area contributed by atoms with Gasteiger partial charge >= 0.3 is 0 Å². The highest BCUT2D eigenvalue weighted by molar-refractivity contribution is 6.05. The molecule has 3 rings (SSSR count). The van der Waals surface area contributed by atoms with Crippen LogP contribution in [0.3, 0.4) is 0 Å². The van der Waals surface area contributed by atoms with Crippen LogP contribution in [0.2, 0.25) is 0 Å². The van der Waals surface area contributed by atoms with Gasteiger partial charge in [0, 0.05) is 32.0 Å². The zero-order chi connectivity index (χ0) is 14.8. The van der Waals surface area contributed by atoms with Gasteiger partial charge in [-0.25, -0.2) is 0 Å². The number of benzene rings is 1. The van der Waals surface area contributed by atoms with E-state index in [1.54, 1.807) is 11.0 Å². The predicted molar refractivity (Wildman–Crippen MR) is 80.9 cm³/mol. The number of hydrogen-bond donors (Lipinski definition) is 0. The van der Waals surface area contributed by atoms with Crippen molar-refractivity contribution in [3.8, 4) is 12.3 Å². The Morgan fingerprint density at radius 2 is 1.95 bits per heavy atom. The smallest absolute Gasteiger partial charge is 0.255 e. The van der Waals surface area contributed by atoms with Gasteiger partial charge in [0.25, 0.3) is 5.91 Å². The number of nitrogens with zero attached hydrogens (tertiary/aromatic N) is 2. The van der Waals surface area contributed by atoms with Crippen LogP contribution in [0.15, 0.2) is 24.3 Å². The molecule has 4 heteroatoms. The van der Waals surface area contributed by atoms with Crippen molar-refractivity contribution in [2.45, 2.75) is 19.3 Å². The summed E-state index contributed by atoms with van der Waals surface area (Å²) in [6.45, 7) is 2.10. The first kappa shape index (κ1) is 13.7. The maximum absolute atomic E-state index is 12.6. The lowest BCUT2D eigenvalue weighted by molar-refractivity contribution is -0.117. The third kappa shape index (κ3) is 2.52. The van der Waals surface area contributed by atoms with Gasteiger partial charge in [0.1, 0.15) is 0 Å². The largest absolute Gasteiger partial charge is 0.339 e. The van der Waals surface area contributed by atoms with Crippen molar-refractivity contribution in [1.29, 1.82) is 0 Å². The molecule has 0 N–H and O–H groups in total. The van der Waals surface area contributed by atoms with Gasteiger partial charge in [0.15, 0.2) is 0 Å². The van der Waals surface area contributed by atoms with E-state index in [-0.39, 0.29) is 17.7 Å². The van der Waals surface area contributed by atoms with Crippen LogP contribution >= 0.6 is 0 Å². The molecular weight excluding hydrogens is 264 g/mol. The van der Waals surface area contributed by atoms with Crippen LogP contribution in [-0.2, 0) is 4.79 Å². The summed E-state index contributed by atoms with van der Waals surface area (Å²) in [5.74, 6) is 2.59. The third-order valence-corrected chi connectivity index (χ3v) is 4.18. The zero-order valence-corrected chi connectivity index (χ0v) is 11.9. The Morgan fingerprint density at radius 3 is 2.62 bits per heavy atom. The van der Waals surface area contributed by atoms with Crippen molar-refractivity contribution >= 4 is 17.5 Å². The molecule has 108 valence electrons. The summed E-state index contributed by atoms with van der Waals surface area (Å²) >= 11 is 0. The summed E-state index contributed by atoms with van der Waals surface area (Å²) in [5, 5.41) is 0. The van der Waals surface area contributed by atoms with Crippen LogP contribution in [0.1, 0.15) is 29.6 Å². The second-order valence-corrected chi connectivity index (χ2v) is 5.59. The molecule has 2 aliphatic rings. The van der Waals surface area contributed by atoms with E-state index in [0.717, 1.165) is 25.9 Å². The molecule has 0 radical (unpaired) electrons. The van der Waals surface area contributed by atoms with Gasteiger partial charge in [0.05, 0.1) is 11.3 Å². The quantitative estimate of drug-likeness (QED) is 0.777. The highest BCUT2D eigenvalue weighted by Crippen LogP contribution is 2.29. The van der Waals surface area contributed by atoms with Gasteiger partial charge in [-0.1, -0.05) is 12.1 Å². The molecule has 21 heavy (non-hydrogen) atoms. The Balaban J connectivity index is 1.91. The highest BCUT2D eigenvalue weighted by atomic mass is 16.2. The number of carbonyl (C=O) groups excluding carboxylic acids is 2. The van der Waals surface area contributed by atoms with Gasteiger partial charge in [-0.3, -0.25) is 9.59 Å². The van der Waals surface area contributed by atoms with Gasteiger partial charge in [0.2, 0.25) is 5.91 Å². The van der Waals surface area contributed by atoms with Crippen LogP contribution in [0.5, 0.6) is 0 Å². The van der Waals surface area contributed by atoms with E-state index in [4.69, 9.17) is 6.42 Å². The number of para-hydroxylation sites is 1. The number of likely N-dealkylation sites (tertiary alicyclic amines) is 1. The van der Waals surface area contributed by atoms with Crippen LogP contribution in [-0.4, -0.2) is 36.3 Å². The van der Waals surface area contributed by atoms with Crippen molar-refractivity contribution < 1.29 is 9.59 Å². The topological polar surface area (TPSA) is 40.6 Å². The van der Waals surface area contributed by atoms with E-state index in [9.17, 15) is 9.59 Å². The minimum Gasteiger partial charge on any atom is -0.339 e. The fourth-order valence-corrected chi connectivity index (χ4v) is 3.03. The second-order valence-electron chi connectivity index (χ2n) is 5.59. The lowest BCUT2D eigenvalue weighted by Crippen LogP contribution is -2.31. The molecule has 0 bridgehead atoms. The van der Waals surface area contributed by atoms with Crippen molar-refractivity contribution in [3.05, 3.63) is 29.8 Å². The molecule has 2 aliphatic heterocycles. The fraction of sp³-hybridized carbons (Fsp3) is 0.412. The Labute approximate surface area is 124 Å². The van der Waals surface area contributed by atoms with Gasteiger partial charge < -0.3 is 9.80 Å². The van der Waals surface area contributed by atoms with Crippen molar-refractivity contribution in [2.24, 2.45) is 5.92 Å². The monoisotopic (exact) mass is 282 g/mol. The Bertz CT molecular complexity index is 611. The number of rotatable bonds is 2. The molecule has 2 amide bonds. The van der Waals surface area contributed by atoms with Crippen LogP contribution in [0, 0.1) is 18.3 Å². The van der Waals surface area contributed by atoms with E-state index in [1.165, 1.54) is 0 Å². The van der Waals surface area contributed by atoms with Crippen molar-refractivity contribution in [1.82, 2.24) is 4.90 Å². The first-order chi connectivity index (χ1) is 10.2. The molecule has 4 nitrogen and oxygen atoms in total. The number of hydrogen-bond acceptors (Lipinski definition) is 2. The summed E-state index contributed by atoms with van der Waals surface area (Å²) in [4.78, 5) is 28.3. The number of terminal acetylenes is 1. The average molecular weight is 282 g/mol. The maximum Gasteiger partial charge on any atom is 0.255 e. The van der Waals surface area contributed by atoms with E-state index >= 15 is 0 Å². The third-order valence-electron chi connectivity index (χ3n) is 4.18. The molecule has 1 atom stereocenters. The van der Waals surface area contributed by atoms with E-state index in [0.29, 0.717) is 24.2 Å². The molecule has 1 aromatic carbocycles. The van der Waals surface area contributed by atoms with Gasteiger partial charge in [-0.15, -0.1) is 12.3 Å². The number of amides is 2. The molecule has 1 aromatic rings. The number of anilines is 1. The van der Waals surface area contributed by atoms with E-state index in [2.05, 4.69) is 5.92 Å². The van der Waals surface area contributed by atoms with Crippen LogP contribution in [0.4, 0.5) is 5.69 Å². The lowest BCUT2D eigenvalue weighted by Gasteiger charge is -2.22. The zero-order valence-electron chi connectivity index (χ0n) is 11.9. The van der Waals surface area contributed by atoms with E-state index < -0.39 is 0 Å². The van der Waals surface area contributed by atoms with Crippen LogP contribution < -0.4 is 4.90 Å². The van der Waals surface area contributed by atoms with Crippen molar-refractivity contribution in [2.75, 3.05) is 24.5 Å². The Morgan fingerprint density at radius 1 is 1.24 bits per heavy atom. The second kappa shape index (κ2) is 5.61. The van der Waals surface area contributed by atoms with E-state index in [1.807, 2.05) is 23.1 Å². The normalized spacial score (nSPS) is 21.7. The molecule has 0 aromatic heterocycles. The standard InChI is InChI=1S/C17H18N2O2/c1-2-13-11-16(20)19(12-13)15-8-4-3-7-14(15)17(21)18-9-5-6-10-18/h1,3-4,7-8,13H,5-6,9-12H2. The maximum atomic E-state index is 12.6. The summed E-state index contributed by atoms with van der Waals surface area (Å²) < 4.78 is 0. The van der Waals surface area contributed by atoms with Gasteiger partial charge in [-0.05, 0) is 25.0 Å². The molecular formula is C17H18N2O2. The Hall–Kier alpha value is -2.28.